The Hall–Kier alpha value is -3.12. The highest BCUT2D eigenvalue weighted by atomic mass is 79.9. The van der Waals surface area contributed by atoms with E-state index >= 15 is 0 Å². The number of imidazole rings is 1. The van der Waals surface area contributed by atoms with Gasteiger partial charge in [0.25, 0.3) is 5.91 Å². The average molecular weight is 506 g/mol. The molecule has 0 aliphatic carbocycles. The molecule has 1 N–H and O–H groups in total. The number of aryl methyl sites for hydroxylation is 3. The summed E-state index contributed by atoms with van der Waals surface area (Å²) in [5, 5.41) is 3.01. The van der Waals surface area contributed by atoms with E-state index in [-0.39, 0.29) is 5.91 Å². The topological polar surface area (TPSA) is 56.1 Å². The Bertz CT molecular complexity index is 1250. The van der Waals surface area contributed by atoms with Crippen LogP contribution in [0.3, 0.4) is 0 Å². The number of hydrogen-bond donors (Lipinski definition) is 1. The molecule has 4 rings (SSSR count). The molecule has 0 saturated heterocycles. The van der Waals surface area contributed by atoms with Crippen LogP contribution in [0.1, 0.15) is 33.7 Å². The Kier molecular flexibility index (Phi) is 7.45. The predicted molar refractivity (Wildman–Crippen MR) is 136 cm³/mol. The van der Waals surface area contributed by atoms with Crippen LogP contribution in [0.5, 0.6) is 5.75 Å². The minimum Gasteiger partial charge on any atom is -0.494 e. The van der Waals surface area contributed by atoms with Crippen molar-refractivity contribution in [2.24, 2.45) is 0 Å². The minimum absolute atomic E-state index is 0.0826. The van der Waals surface area contributed by atoms with Crippen LogP contribution in [0.2, 0.25) is 0 Å². The summed E-state index contributed by atoms with van der Waals surface area (Å²) in [6.07, 6.45) is 1.52. The van der Waals surface area contributed by atoms with Gasteiger partial charge in [-0.3, -0.25) is 4.79 Å². The smallest absolute Gasteiger partial charge is 0.251 e. The Balaban J connectivity index is 1.38. The summed E-state index contributed by atoms with van der Waals surface area (Å²) >= 11 is 3.41. The van der Waals surface area contributed by atoms with Crippen molar-refractivity contribution in [1.82, 2.24) is 14.9 Å². The van der Waals surface area contributed by atoms with Gasteiger partial charge in [0, 0.05) is 29.5 Å². The van der Waals surface area contributed by atoms with Crippen LogP contribution in [0.25, 0.3) is 11.0 Å². The molecule has 0 atom stereocenters. The maximum absolute atomic E-state index is 12.5. The molecule has 170 valence electrons. The SMILES string of the molecule is Cc1cc(C)cc(OCCCn2c(CCNC(=O)c3cccc(Br)c3)nc3ccccc32)c1. The van der Waals surface area contributed by atoms with Gasteiger partial charge in [0.15, 0.2) is 0 Å². The van der Waals surface area contributed by atoms with Crippen LogP contribution in [0.4, 0.5) is 0 Å². The van der Waals surface area contributed by atoms with Gasteiger partial charge in [-0.2, -0.15) is 0 Å². The first-order valence-corrected chi connectivity index (χ1v) is 12.0. The molecule has 0 aliphatic heterocycles. The maximum Gasteiger partial charge on any atom is 0.251 e. The van der Waals surface area contributed by atoms with Crippen molar-refractivity contribution in [2.45, 2.75) is 33.2 Å². The first-order chi connectivity index (χ1) is 16.0. The molecule has 1 aromatic heterocycles. The van der Waals surface area contributed by atoms with Gasteiger partial charge in [-0.15, -0.1) is 0 Å². The standard InChI is InChI=1S/C27H28BrN3O2/c1-19-15-20(2)17-23(16-19)33-14-6-13-31-25-10-4-3-9-24(25)30-26(31)11-12-29-27(32)21-7-5-8-22(28)18-21/h3-5,7-10,15-18H,6,11-14H2,1-2H3,(H,29,32). The zero-order chi connectivity index (χ0) is 23.2. The number of aromatic nitrogens is 2. The van der Waals surface area contributed by atoms with E-state index < -0.39 is 0 Å². The Morgan fingerprint density at radius 1 is 1.03 bits per heavy atom. The molecule has 1 amide bonds. The van der Waals surface area contributed by atoms with Crippen molar-refractivity contribution in [2.75, 3.05) is 13.2 Å². The quantitative estimate of drug-likeness (QED) is 0.290. The summed E-state index contributed by atoms with van der Waals surface area (Å²) in [4.78, 5) is 17.3. The fraction of sp³-hybridized carbons (Fsp3) is 0.259. The Morgan fingerprint density at radius 2 is 1.82 bits per heavy atom. The highest BCUT2D eigenvalue weighted by Gasteiger charge is 2.12. The monoisotopic (exact) mass is 505 g/mol. The van der Waals surface area contributed by atoms with E-state index in [9.17, 15) is 4.79 Å². The van der Waals surface area contributed by atoms with Crippen molar-refractivity contribution < 1.29 is 9.53 Å². The van der Waals surface area contributed by atoms with Gasteiger partial charge < -0.3 is 14.6 Å². The lowest BCUT2D eigenvalue weighted by Crippen LogP contribution is -2.26. The van der Waals surface area contributed by atoms with E-state index in [0.717, 1.165) is 40.0 Å². The van der Waals surface area contributed by atoms with E-state index in [1.165, 1.54) is 11.1 Å². The van der Waals surface area contributed by atoms with Gasteiger partial charge in [0.05, 0.1) is 17.6 Å². The average Bonchev–Trinajstić information content (AvgIpc) is 3.13. The largest absolute Gasteiger partial charge is 0.494 e. The van der Waals surface area contributed by atoms with E-state index in [2.05, 4.69) is 63.9 Å². The lowest BCUT2D eigenvalue weighted by atomic mass is 10.1. The van der Waals surface area contributed by atoms with Crippen molar-refractivity contribution in [3.8, 4) is 5.75 Å². The highest BCUT2D eigenvalue weighted by Crippen LogP contribution is 2.19. The number of carbonyl (C=O) groups excluding carboxylic acids is 1. The molecule has 0 saturated carbocycles. The van der Waals surface area contributed by atoms with Crippen LogP contribution in [0, 0.1) is 13.8 Å². The number of benzene rings is 3. The molecule has 0 unspecified atom stereocenters. The van der Waals surface area contributed by atoms with Crippen LogP contribution < -0.4 is 10.1 Å². The van der Waals surface area contributed by atoms with Crippen molar-refractivity contribution in [3.05, 3.63) is 93.7 Å². The van der Waals surface area contributed by atoms with Crippen molar-refractivity contribution >= 4 is 32.9 Å². The lowest BCUT2D eigenvalue weighted by molar-refractivity contribution is 0.0954. The third kappa shape index (κ3) is 6.02. The molecule has 3 aromatic carbocycles. The molecule has 0 radical (unpaired) electrons. The molecule has 6 heteroatoms. The number of fused-ring (bicyclic) bond motifs is 1. The van der Waals surface area contributed by atoms with E-state index in [1.807, 2.05) is 42.5 Å². The third-order valence-electron chi connectivity index (χ3n) is 5.44. The fourth-order valence-corrected chi connectivity index (χ4v) is 4.41. The summed E-state index contributed by atoms with van der Waals surface area (Å²) in [7, 11) is 0. The zero-order valence-electron chi connectivity index (χ0n) is 19.0. The summed E-state index contributed by atoms with van der Waals surface area (Å²) in [5.41, 5.74) is 5.13. The second kappa shape index (κ2) is 10.7. The van der Waals surface area contributed by atoms with Gasteiger partial charge in [0.1, 0.15) is 11.6 Å². The first-order valence-electron chi connectivity index (χ1n) is 11.2. The molecule has 0 fully saturated rings. The Morgan fingerprint density at radius 3 is 2.61 bits per heavy atom. The number of para-hydroxylation sites is 2. The molecular weight excluding hydrogens is 478 g/mol. The second-order valence-electron chi connectivity index (χ2n) is 8.21. The molecule has 4 aromatic rings. The molecule has 0 spiro atoms. The molecule has 1 heterocycles. The molecule has 5 nitrogen and oxygen atoms in total. The van der Waals surface area contributed by atoms with E-state index in [4.69, 9.17) is 9.72 Å². The number of amides is 1. The van der Waals surface area contributed by atoms with Crippen LogP contribution in [0.15, 0.2) is 71.2 Å². The van der Waals surface area contributed by atoms with Gasteiger partial charge in [0.2, 0.25) is 0 Å². The van der Waals surface area contributed by atoms with E-state index in [0.29, 0.717) is 25.1 Å². The normalized spacial score (nSPS) is 11.0. The van der Waals surface area contributed by atoms with Gasteiger partial charge in [-0.05, 0) is 73.9 Å². The van der Waals surface area contributed by atoms with Gasteiger partial charge in [-0.25, -0.2) is 4.98 Å². The number of rotatable bonds is 9. The second-order valence-corrected chi connectivity index (χ2v) is 9.13. The summed E-state index contributed by atoms with van der Waals surface area (Å²) in [6.45, 7) is 6.13. The van der Waals surface area contributed by atoms with Crippen molar-refractivity contribution in [3.63, 3.8) is 0 Å². The first kappa shape index (κ1) is 23.1. The minimum atomic E-state index is -0.0826. The third-order valence-corrected chi connectivity index (χ3v) is 5.94. The highest BCUT2D eigenvalue weighted by molar-refractivity contribution is 9.10. The van der Waals surface area contributed by atoms with Crippen molar-refractivity contribution in [1.29, 1.82) is 0 Å². The number of nitrogens with one attached hydrogen (secondary N) is 1. The fourth-order valence-electron chi connectivity index (χ4n) is 4.01. The number of halogens is 1. The van der Waals surface area contributed by atoms with Crippen LogP contribution in [-0.4, -0.2) is 28.6 Å². The molecular formula is C27H28BrN3O2. The van der Waals surface area contributed by atoms with Crippen LogP contribution in [-0.2, 0) is 13.0 Å². The Labute approximate surface area is 202 Å². The lowest BCUT2D eigenvalue weighted by Gasteiger charge is -2.12. The van der Waals surface area contributed by atoms with Gasteiger partial charge in [-0.1, -0.05) is 40.2 Å². The molecule has 0 bridgehead atoms. The van der Waals surface area contributed by atoms with E-state index in [1.54, 1.807) is 0 Å². The summed E-state index contributed by atoms with van der Waals surface area (Å²) in [6, 6.07) is 21.8. The predicted octanol–water partition coefficient (Wildman–Crippen LogP) is 5.86. The zero-order valence-corrected chi connectivity index (χ0v) is 20.6. The summed E-state index contributed by atoms with van der Waals surface area (Å²) < 4.78 is 9.12. The number of hydrogen-bond acceptors (Lipinski definition) is 3. The maximum atomic E-state index is 12.5. The number of carbonyl (C=O) groups is 1. The summed E-state index contributed by atoms with van der Waals surface area (Å²) in [5.74, 6) is 1.80. The molecule has 33 heavy (non-hydrogen) atoms. The van der Waals surface area contributed by atoms with Crippen LogP contribution >= 0.6 is 15.9 Å². The molecule has 0 aliphatic rings. The number of nitrogens with zero attached hydrogens (tertiary/aromatic N) is 2. The van der Waals surface area contributed by atoms with Gasteiger partial charge >= 0.3 is 0 Å². The number of ether oxygens (including phenoxy) is 1.